The molecule has 0 radical (unpaired) electrons. The van der Waals surface area contributed by atoms with Crippen LogP contribution in [0.3, 0.4) is 0 Å². The summed E-state index contributed by atoms with van der Waals surface area (Å²) < 4.78 is 42.9. The third-order valence-corrected chi connectivity index (χ3v) is 3.65. The number of carboxylic acid groups (broad SMARTS) is 1. The Morgan fingerprint density at radius 2 is 2.09 bits per heavy atom. The van der Waals surface area contributed by atoms with Gasteiger partial charge in [-0.3, -0.25) is 9.59 Å². The topological polar surface area (TPSA) is 66.8 Å². The molecule has 0 bridgehead atoms. The van der Waals surface area contributed by atoms with Crippen molar-refractivity contribution in [2.24, 2.45) is 5.92 Å². The Labute approximate surface area is 130 Å². The van der Waals surface area contributed by atoms with E-state index in [0.717, 1.165) is 12.1 Å². The van der Waals surface area contributed by atoms with Crippen molar-refractivity contribution in [1.82, 2.24) is 4.90 Å². The third-order valence-electron chi connectivity index (χ3n) is 3.65. The molecule has 0 aliphatic carbocycles. The van der Waals surface area contributed by atoms with Gasteiger partial charge in [0.15, 0.2) is 6.61 Å². The molecule has 1 aliphatic rings. The summed E-state index contributed by atoms with van der Waals surface area (Å²) in [6.07, 6.45) is -3.40. The lowest BCUT2D eigenvalue weighted by Crippen LogP contribution is -2.44. The first-order valence-electron chi connectivity index (χ1n) is 7.08. The minimum Gasteiger partial charge on any atom is -0.484 e. The number of carbonyl (C=O) groups is 2. The number of likely N-dealkylation sites (tertiary alicyclic amines) is 1. The highest BCUT2D eigenvalue weighted by Crippen LogP contribution is 2.31. The van der Waals surface area contributed by atoms with E-state index in [9.17, 15) is 22.8 Å². The number of carbonyl (C=O) groups excluding carboxylic acids is 1. The fourth-order valence-electron chi connectivity index (χ4n) is 2.40. The van der Waals surface area contributed by atoms with Gasteiger partial charge in [-0.15, -0.1) is 0 Å². The van der Waals surface area contributed by atoms with Crippen LogP contribution in [0.2, 0.25) is 0 Å². The Bertz CT molecular complexity index is 588. The molecule has 0 saturated carbocycles. The number of rotatable bonds is 4. The molecule has 8 heteroatoms. The van der Waals surface area contributed by atoms with Gasteiger partial charge in [0.2, 0.25) is 0 Å². The van der Waals surface area contributed by atoms with Gasteiger partial charge in [-0.05, 0) is 31.0 Å². The van der Waals surface area contributed by atoms with Crippen LogP contribution < -0.4 is 4.74 Å². The Morgan fingerprint density at radius 1 is 1.35 bits per heavy atom. The van der Waals surface area contributed by atoms with E-state index in [1.54, 1.807) is 0 Å². The Kier molecular flexibility index (Phi) is 5.12. The van der Waals surface area contributed by atoms with Crippen LogP contribution in [0.1, 0.15) is 18.4 Å². The molecule has 126 valence electrons. The number of benzene rings is 1. The maximum atomic E-state index is 12.6. The van der Waals surface area contributed by atoms with Gasteiger partial charge < -0.3 is 14.7 Å². The SMILES string of the molecule is O=C(O)[C@H]1CCCN(C(=O)COc2cccc(C(F)(F)F)c2)C1. The number of nitrogens with zero attached hydrogens (tertiary/aromatic N) is 1. The van der Waals surface area contributed by atoms with E-state index in [1.165, 1.54) is 17.0 Å². The molecule has 1 heterocycles. The van der Waals surface area contributed by atoms with E-state index < -0.39 is 36.1 Å². The largest absolute Gasteiger partial charge is 0.484 e. The van der Waals surface area contributed by atoms with Crippen molar-refractivity contribution < 1.29 is 32.6 Å². The van der Waals surface area contributed by atoms with Crippen molar-refractivity contribution >= 4 is 11.9 Å². The predicted octanol–water partition coefficient (Wildman–Crippen LogP) is 2.41. The number of aliphatic carboxylic acids is 1. The molecule has 1 amide bonds. The molecule has 1 fully saturated rings. The zero-order valence-corrected chi connectivity index (χ0v) is 12.2. The van der Waals surface area contributed by atoms with Crippen LogP contribution in [-0.2, 0) is 15.8 Å². The number of hydrogen-bond acceptors (Lipinski definition) is 3. The predicted molar refractivity (Wildman–Crippen MR) is 73.9 cm³/mol. The van der Waals surface area contributed by atoms with Gasteiger partial charge in [-0.1, -0.05) is 6.07 Å². The second-order valence-electron chi connectivity index (χ2n) is 5.33. The Balaban J connectivity index is 1.93. The number of hydrogen-bond donors (Lipinski definition) is 1. The second kappa shape index (κ2) is 6.89. The highest BCUT2D eigenvalue weighted by atomic mass is 19.4. The molecule has 2 rings (SSSR count). The van der Waals surface area contributed by atoms with Crippen molar-refractivity contribution in [3.8, 4) is 5.75 Å². The van der Waals surface area contributed by atoms with Crippen molar-refractivity contribution in [3.63, 3.8) is 0 Å². The van der Waals surface area contributed by atoms with E-state index in [-0.39, 0.29) is 12.3 Å². The normalized spacial score (nSPS) is 18.6. The number of ether oxygens (including phenoxy) is 1. The van der Waals surface area contributed by atoms with Gasteiger partial charge >= 0.3 is 12.1 Å². The average Bonchev–Trinajstić information content (AvgIpc) is 2.52. The van der Waals surface area contributed by atoms with Crippen molar-refractivity contribution in [2.75, 3.05) is 19.7 Å². The summed E-state index contributed by atoms with van der Waals surface area (Å²) in [6, 6.07) is 4.27. The van der Waals surface area contributed by atoms with Crippen LogP contribution in [0, 0.1) is 5.92 Å². The van der Waals surface area contributed by atoms with Gasteiger partial charge in [-0.25, -0.2) is 0 Å². The summed E-state index contributed by atoms with van der Waals surface area (Å²) in [4.78, 5) is 24.3. The lowest BCUT2D eigenvalue weighted by Gasteiger charge is -2.30. The van der Waals surface area contributed by atoms with Crippen molar-refractivity contribution in [1.29, 1.82) is 0 Å². The molecule has 0 aromatic heterocycles. The zero-order valence-electron chi connectivity index (χ0n) is 12.2. The number of halogens is 3. The quantitative estimate of drug-likeness (QED) is 0.920. The summed E-state index contributed by atoms with van der Waals surface area (Å²) in [5.74, 6) is -2.06. The molecule has 23 heavy (non-hydrogen) atoms. The summed E-state index contributed by atoms with van der Waals surface area (Å²) in [5.41, 5.74) is -0.855. The van der Waals surface area contributed by atoms with Gasteiger partial charge in [0, 0.05) is 13.1 Å². The molecule has 1 N–H and O–H groups in total. The van der Waals surface area contributed by atoms with Crippen LogP contribution in [0.5, 0.6) is 5.75 Å². The monoisotopic (exact) mass is 331 g/mol. The smallest absolute Gasteiger partial charge is 0.416 e. The lowest BCUT2D eigenvalue weighted by molar-refractivity contribution is -0.146. The summed E-state index contributed by atoms with van der Waals surface area (Å²) in [6.45, 7) is 0.0995. The highest BCUT2D eigenvalue weighted by molar-refractivity contribution is 5.79. The first-order chi connectivity index (χ1) is 10.8. The fourth-order valence-corrected chi connectivity index (χ4v) is 2.40. The van der Waals surface area contributed by atoms with E-state index in [2.05, 4.69) is 0 Å². The van der Waals surface area contributed by atoms with Crippen LogP contribution in [0.15, 0.2) is 24.3 Å². The van der Waals surface area contributed by atoms with E-state index in [1.807, 2.05) is 0 Å². The van der Waals surface area contributed by atoms with E-state index in [0.29, 0.717) is 19.4 Å². The highest BCUT2D eigenvalue weighted by Gasteiger charge is 2.31. The van der Waals surface area contributed by atoms with Crippen LogP contribution in [0.25, 0.3) is 0 Å². The van der Waals surface area contributed by atoms with Crippen molar-refractivity contribution in [3.05, 3.63) is 29.8 Å². The van der Waals surface area contributed by atoms with E-state index >= 15 is 0 Å². The van der Waals surface area contributed by atoms with Crippen LogP contribution in [-0.4, -0.2) is 41.6 Å². The van der Waals surface area contributed by atoms with Gasteiger partial charge in [0.25, 0.3) is 5.91 Å². The minimum atomic E-state index is -4.48. The summed E-state index contributed by atoms with van der Waals surface area (Å²) in [5, 5.41) is 8.98. The molecule has 1 aliphatic heterocycles. The molecular weight excluding hydrogens is 315 g/mol. The summed E-state index contributed by atoms with van der Waals surface area (Å²) >= 11 is 0. The first kappa shape index (κ1) is 17.1. The molecule has 0 spiro atoms. The van der Waals surface area contributed by atoms with E-state index in [4.69, 9.17) is 9.84 Å². The summed E-state index contributed by atoms with van der Waals surface area (Å²) in [7, 11) is 0. The average molecular weight is 331 g/mol. The molecule has 1 aromatic carbocycles. The lowest BCUT2D eigenvalue weighted by atomic mass is 9.98. The standard InChI is InChI=1S/C15H16F3NO4/c16-15(17,18)11-4-1-5-12(7-11)23-9-13(20)19-6-2-3-10(8-19)14(21)22/h1,4-5,7,10H,2-3,6,8-9H2,(H,21,22)/t10-/m0/s1. The fraction of sp³-hybridized carbons (Fsp3) is 0.467. The maximum absolute atomic E-state index is 12.6. The number of piperidine rings is 1. The Morgan fingerprint density at radius 3 is 2.74 bits per heavy atom. The molecule has 1 saturated heterocycles. The van der Waals surface area contributed by atoms with Crippen LogP contribution >= 0.6 is 0 Å². The number of carboxylic acids is 1. The zero-order chi connectivity index (χ0) is 17.0. The second-order valence-corrected chi connectivity index (χ2v) is 5.33. The van der Waals surface area contributed by atoms with Crippen molar-refractivity contribution in [2.45, 2.75) is 19.0 Å². The van der Waals surface area contributed by atoms with Gasteiger partial charge in [-0.2, -0.15) is 13.2 Å². The third kappa shape index (κ3) is 4.61. The molecule has 1 atom stereocenters. The molecule has 1 aromatic rings. The molecule has 0 unspecified atom stereocenters. The van der Waals surface area contributed by atoms with Gasteiger partial charge in [0.1, 0.15) is 5.75 Å². The minimum absolute atomic E-state index is 0.0556. The Hall–Kier alpha value is -2.25. The molecule has 5 nitrogen and oxygen atoms in total. The number of amides is 1. The molecular formula is C15H16F3NO4. The van der Waals surface area contributed by atoms with Crippen LogP contribution in [0.4, 0.5) is 13.2 Å². The number of alkyl halides is 3. The first-order valence-corrected chi connectivity index (χ1v) is 7.08. The maximum Gasteiger partial charge on any atom is 0.416 e. The van der Waals surface area contributed by atoms with Gasteiger partial charge in [0.05, 0.1) is 11.5 Å².